The van der Waals surface area contributed by atoms with Crippen molar-refractivity contribution < 1.29 is 28.3 Å². The van der Waals surface area contributed by atoms with Crippen LogP contribution in [-0.4, -0.2) is 63.4 Å². The van der Waals surface area contributed by atoms with Crippen molar-refractivity contribution in [3.05, 3.63) is 101 Å². The van der Waals surface area contributed by atoms with Gasteiger partial charge in [0.05, 0.1) is 12.6 Å². The lowest BCUT2D eigenvalue weighted by Gasteiger charge is -2.30. The standard InChI is InChI=1S/C29H30F2N4O4/c1-19-8-5-6-12-22(19)26(37)34-23(14-20-9-3-2-4-10-20)25(36)28(39)35-18-29(30,31)15-24(35)27(38)33-17-21-11-7-13-32-16-21/h2-13,16,23-25,36H,14-15,17-18H2,1H3,(H,33,38)(H,34,37). The third kappa shape index (κ3) is 7.02. The molecule has 39 heavy (non-hydrogen) atoms. The van der Waals surface area contributed by atoms with E-state index in [0.717, 1.165) is 5.56 Å². The van der Waals surface area contributed by atoms with E-state index in [9.17, 15) is 28.3 Å². The second-order valence-corrected chi connectivity index (χ2v) is 9.65. The second-order valence-electron chi connectivity index (χ2n) is 9.65. The molecule has 1 aromatic heterocycles. The summed E-state index contributed by atoms with van der Waals surface area (Å²) in [6.45, 7) is 0.782. The predicted molar refractivity (Wildman–Crippen MR) is 140 cm³/mol. The molecule has 0 saturated carbocycles. The Hall–Kier alpha value is -4.18. The maximum absolute atomic E-state index is 14.5. The van der Waals surface area contributed by atoms with E-state index in [1.807, 2.05) is 0 Å². The van der Waals surface area contributed by atoms with Gasteiger partial charge in [-0.1, -0.05) is 54.6 Å². The monoisotopic (exact) mass is 536 g/mol. The zero-order chi connectivity index (χ0) is 28.0. The van der Waals surface area contributed by atoms with Gasteiger partial charge in [-0.3, -0.25) is 19.4 Å². The highest BCUT2D eigenvalue weighted by Gasteiger charge is 2.51. The van der Waals surface area contributed by atoms with Crippen molar-refractivity contribution in [3.63, 3.8) is 0 Å². The summed E-state index contributed by atoms with van der Waals surface area (Å²) in [5.41, 5.74) is 2.43. The molecule has 8 nitrogen and oxygen atoms in total. The highest BCUT2D eigenvalue weighted by Crippen LogP contribution is 2.33. The zero-order valence-electron chi connectivity index (χ0n) is 21.4. The van der Waals surface area contributed by atoms with E-state index < -0.39 is 54.8 Å². The number of nitrogens with zero attached hydrogens (tertiary/aromatic N) is 2. The van der Waals surface area contributed by atoms with Gasteiger partial charge < -0.3 is 20.6 Å². The lowest BCUT2D eigenvalue weighted by Crippen LogP contribution is -2.55. The number of rotatable bonds is 9. The van der Waals surface area contributed by atoms with Gasteiger partial charge in [0, 0.05) is 30.9 Å². The van der Waals surface area contributed by atoms with Gasteiger partial charge in [0.25, 0.3) is 17.7 Å². The molecule has 4 rings (SSSR count). The smallest absolute Gasteiger partial charge is 0.267 e. The minimum Gasteiger partial charge on any atom is -0.381 e. The molecule has 1 aliphatic heterocycles. The van der Waals surface area contributed by atoms with Gasteiger partial charge in [-0.25, -0.2) is 8.78 Å². The normalized spacial score (nSPS) is 17.7. The number of aliphatic hydroxyl groups is 1. The van der Waals surface area contributed by atoms with Crippen LogP contribution in [0, 0.1) is 6.92 Å². The quantitative estimate of drug-likeness (QED) is 0.390. The number of carbonyl (C=O) groups is 3. The number of aliphatic hydroxyl groups excluding tert-OH is 1. The Morgan fingerprint density at radius 2 is 1.74 bits per heavy atom. The second kappa shape index (κ2) is 12.1. The molecule has 1 fully saturated rings. The highest BCUT2D eigenvalue weighted by molar-refractivity contribution is 5.96. The van der Waals surface area contributed by atoms with Gasteiger partial charge in [0.2, 0.25) is 5.91 Å². The topological polar surface area (TPSA) is 112 Å². The number of aryl methyl sites for hydroxylation is 1. The number of nitrogens with one attached hydrogen (secondary N) is 2. The van der Waals surface area contributed by atoms with Crippen molar-refractivity contribution in [3.8, 4) is 0 Å². The molecule has 0 bridgehead atoms. The minimum atomic E-state index is -3.31. The Balaban J connectivity index is 1.54. The molecule has 0 aliphatic carbocycles. The van der Waals surface area contributed by atoms with Crippen LogP contribution in [0.5, 0.6) is 0 Å². The van der Waals surface area contributed by atoms with Crippen LogP contribution in [-0.2, 0) is 22.6 Å². The number of pyridine rings is 1. The van der Waals surface area contributed by atoms with Gasteiger partial charge in [-0.15, -0.1) is 0 Å². The Labute approximate surface area is 225 Å². The van der Waals surface area contributed by atoms with Crippen LogP contribution >= 0.6 is 0 Å². The fourth-order valence-corrected chi connectivity index (χ4v) is 4.62. The van der Waals surface area contributed by atoms with Crippen LogP contribution in [0.25, 0.3) is 0 Å². The van der Waals surface area contributed by atoms with E-state index in [1.54, 1.807) is 79.9 Å². The Morgan fingerprint density at radius 3 is 2.44 bits per heavy atom. The van der Waals surface area contributed by atoms with Gasteiger partial charge in [-0.2, -0.15) is 0 Å². The summed E-state index contributed by atoms with van der Waals surface area (Å²) < 4.78 is 29.0. The third-order valence-corrected chi connectivity index (χ3v) is 6.68. The maximum atomic E-state index is 14.5. The van der Waals surface area contributed by atoms with E-state index in [1.165, 1.54) is 6.20 Å². The van der Waals surface area contributed by atoms with Gasteiger partial charge in [-0.05, 0) is 42.2 Å². The number of amides is 3. The molecule has 3 unspecified atom stereocenters. The van der Waals surface area contributed by atoms with E-state index in [-0.39, 0.29) is 13.0 Å². The summed E-state index contributed by atoms with van der Waals surface area (Å²) in [5, 5.41) is 16.4. The van der Waals surface area contributed by atoms with Crippen molar-refractivity contribution in [2.45, 2.75) is 50.4 Å². The summed E-state index contributed by atoms with van der Waals surface area (Å²) in [7, 11) is 0. The van der Waals surface area contributed by atoms with Crippen molar-refractivity contribution in [1.82, 2.24) is 20.5 Å². The van der Waals surface area contributed by atoms with Gasteiger partial charge >= 0.3 is 0 Å². The molecule has 0 spiro atoms. The van der Waals surface area contributed by atoms with Crippen LogP contribution in [0.3, 0.4) is 0 Å². The van der Waals surface area contributed by atoms with E-state index >= 15 is 0 Å². The average Bonchev–Trinajstić information content (AvgIpc) is 3.27. The lowest BCUT2D eigenvalue weighted by molar-refractivity contribution is -0.147. The molecular weight excluding hydrogens is 506 g/mol. The molecule has 1 aliphatic rings. The first-order valence-corrected chi connectivity index (χ1v) is 12.6. The average molecular weight is 537 g/mol. The van der Waals surface area contributed by atoms with E-state index in [2.05, 4.69) is 15.6 Å². The molecule has 3 aromatic rings. The molecule has 204 valence electrons. The Bertz CT molecular complexity index is 1310. The maximum Gasteiger partial charge on any atom is 0.267 e. The summed E-state index contributed by atoms with van der Waals surface area (Å²) >= 11 is 0. The number of benzene rings is 2. The summed E-state index contributed by atoms with van der Waals surface area (Å²) in [5.74, 6) is -5.65. The SMILES string of the molecule is Cc1ccccc1C(=O)NC(Cc1ccccc1)C(O)C(=O)N1CC(F)(F)CC1C(=O)NCc1cccnc1. The van der Waals surface area contributed by atoms with Crippen LogP contribution in [0.4, 0.5) is 8.78 Å². The van der Waals surface area contributed by atoms with Crippen molar-refractivity contribution >= 4 is 17.7 Å². The van der Waals surface area contributed by atoms with Gasteiger partial charge in [0.1, 0.15) is 6.04 Å². The van der Waals surface area contributed by atoms with Crippen LogP contribution < -0.4 is 10.6 Å². The van der Waals surface area contributed by atoms with Crippen LogP contribution in [0.1, 0.15) is 33.5 Å². The minimum absolute atomic E-state index is 0.0441. The summed E-state index contributed by atoms with van der Waals surface area (Å²) in [4.78, 5) is 44.1. The molecule has 2 heterocycles. The largest absolute Gasteiger partial charge is 0.381 e. The van der Waals surface area contributed by atoms with E-state index in [4.69, 9.17) is 0 Å². The van der Waals surface area contributed by atoms with Crippen molar-refractivity contribution in [1.29, 1.82) is 0 Å². The molecule has 3 amide bonds. The van der Waals surface area contributed by atoms with Crippen molar-refractivity contribution in [2.75, 3.05) is 6.54 Å². The van der Waals surface area contributed by atoms with Gasteiger partial charge in [0.15, 0.2) is 6.10 Å². The van der Waals surface area contributed by atoms with Crippen LogP contribution in [0.15, 0.2) is 79.1 Å². The number of hydrogen-bond acceptors (Lipinski definition) is 5. The number of aromatic nitrogens is 1. The number of alkyl halides is 2. The first-order chi connectivity index (χ1) is 18.6. The number of likely N-dealkylation sites (tertiary alicyclic amines) is 1. The zero-order valence-corrected chi connectivity index (χ0v) is 21.4. The molecule has 10 heteroatoms. The first kappa shape index (κ1) is 27.8. The third-order valence-electron chi connectivity index (χ3n) is 6.68. The number of carbonyl (C=O) groups excluding carboxylic acids is 3. The molecule has 2 aromatic carbocycles. The molecule has 1 saturated heterocycles. The van der Waals surface area contributed by atoms with E-state index in [0.29, 0.717) is 21.6 Å². The Kier molecular flexibility index (Phi) is 8.65. The molecule has 0 radical (unpaired) electrons. The fraction of sp³-hybridized carbons (Fsp3) is 0.310. The molecule has 3 N–H and O–H groups in total. The van der Waals surface area contributed by atoms with Crippen molar-refractivity contribution in [2.24, 2.45) is 0 Å². The first-order valence-electron chi connectivity index (χ1n) is 12.6. The molecular formula is C29H30F2N4O4. The highest BCUT2D eigenvalue weighted by atomic mass is 19.3. The van der Waals surface area contributed by atoms with Crippen LogP contribution in [0.2, 0.25) is 0 Å². The molecule has 3 atom stereocenters. The summed E-state index contributed by atoms with van der Waals surface area (Å²) in [6, 6.07) is 16.5. The predicted octanol–water partition coefficient (Wildman–Crippen LogP) is 2.64. The Morgan fingerprint density at radius 1 is 1.05 bits per heavy atom. The number of hydrogen-bond donors (Lipinski definition) is 3. The number of halogens is 2. The summed E-state index contributed by atoms with van der Waals surface area (Å²) in [6.07, 6.45) is 0.410. The lowest BCUT2D eigenvalue weighted by atomic mass is 9.99. The fourth-order valence-electron chi connectivity index (χ4n) is 4.62.